The van der Waals surface area contributed by atoms with E-state index in [2.05, 4.69) is 14.9 Å². The predicted octanol–water partition coefficient (Wildman–Crippen LogP) is 3.86. The molecule has 0 N–H and O–H groups in total. The van der Waals surface area contributed by atoms with Gasteiger partial charge < -0.3 is 4.42 Å². The van der Waals surface area contributed by atoms with E-state index >= 15 is 0 Å². The van der Waals surface area contributed by atoms with E-state index in [1.165, 1.54) is 0 Å². The molecule has 7 heteroatoms. The van der Waals surface area contributed by atoms with Crippen molar-refractivity contribution >= 4 is 22.6 Å². The lowest BCUT2D eigenvalue weighted by molar-refractivity contribution is 0.240. The molecule has 4 heterocycles. The van der Waals surface area contributed by atoms with Crippen LogP contribution in [0.15, 0.2) is 64.2 Å². The van der Waals surface area contributed by atoms with Crippen LogP contribution in [0.2, 0.25) is 5.02 Å². The lowest BCUT2D eigenvalue weighted by Crippen LogP contribution is -2.32. The summed E-state index contributed by atoms with van der Waals surface area (Å²) >= 11 is 6.54. The fourth-order valence-corrected chi connectivity index (χ4v) is 3.95. The topological polar surface area (TPSA) is 72.1 Å². The number of pyridine rings is 1. The molecule has 0 atom stereocenters. The molecule has 0 saturated heterocycles. The molecule has 0 aliphatic carbocycles. The van der Waals surface area contributed by atoms with Gasteiger partial charge in [-0.15, -0.1) is 0 Å². The smallest absolute Gasteiger partial charge is 0.342 e. The molecule has 6 nitrogen and oxygen atoms in total. The Morgan fingerprint density at radius 1 is 1.14 bits per heavy atom. The van der Waals surface area contributed by atoms with Gasteiger partial charge in [0.2, 0.25) is 0 Å². The number of hydrogen-bond donors (Lipinski definition) is 0. The predicted molar refractivity (Wildman–Crippen MR) is 111 cm³/mol. The number of aromatic nitrogens is 3. The Morgan fingerprint density at radius 2 is 1.97 bits per heavy atom. The van der Waals surface area contributed by atoms with Crippen molar-refractivity contribution in [3.8, 4) is 11.4 Å². The second-order valence-corrected chi connectivity index (χ2v) is 7.42. The molecule has 4 aromatic rings. The molecule has 1 aromatic carbocycles. The van der Waals surface area contributed by atoms with E-state index in [9.17, 15) is 4.79 Å². The van der Waals surface area contributed by atoms with Crippen LogP contribution in [-0.4, -0.2) is 26.4 Å². The van der Waals surface area contributed by atoms with Gasteiger partial charge in [0.05, 0.1) is 16.3 Å². The maximum Gasteiger partial charge on any atom is 0.342 e. The van der Waals surface area contributed by atoms with E-state index < -0.39 is 0 Å². The third-order valence-electron chi connectivity index (χ3n) is 5.17. The van der Waals surface area contributed by atoms with Gasteiger partial charge in [0, 0.05) is 61.2 Å². The van der Waals surface area contributed by atoms with Gasteiger partial charge in [0.15, 0.2) is 5.82 Å². The van der Waals surface area contributed by atoms with Gasteiger partial charge in [-0.1, -0.05) is 23.7 Å². The van der Waals surface area contributed by atoms with Crippen LogP contribution in [-0.2, 0) is 19.5 Å². The van der Waals surface area contributed by atoms with Gasteiger partial charge in [-0.2, -0.15) is 0 Å². The number of nitrogens with zero attached hydrogens (tertiary/aromatic N) is 4. The molecule has 0 saturated carbocycles. The van der Waals surface area contributed by atoms with Gasteiger partial charge in [0.25, 0.3) is 0 Å². The molecule has 0 unspecified atom stereocenters. The van der Waals surface area contributed by atoms with E-state index in [1.54, 1.807) is 18.5 Å². The highest BCUT2D eigenvalue weighted by molar-refractivity contribution is 6.35. The first kappa shape index (κ1) is 18.0. The molecule has 0 bridgehead atoms. The van der Waals surface area contributed by atoms with Crippen LogP contribution in [0.1, 0.15) is 16.8 Å². The van der Waals surface area contributed by atoms with Crippen molar-refractivity contribution in [3.05, 3.63) is 87.3 Å². The van der Waals surface area contributed by atoms with Crippen LogP contribution in [0.4, 0.5) is 0 Å². The number of halogens is 1. The molecule has 0 radical (unpaired) electrons. The first-order chi connectivity index (χ1) is 14.2. The molecule has 0 spiro atoms. The van der Waals surface area contributed by atoms with Gasteiger partial charge in [-0.05, 0) is 24.3 Å². The van der Waals surface area contributed by atoms with E-state index in [0.29, 0.717) is 35.1 Å². The second-order valence-electron chi connectivity index (χ2n) is 7.04. The van der Waals surface area contributed by atoms with E-state index in [-0.39, 0.29) is 5.63 Å². The van der Waals surface area contributed by atoms with Gasteiger partial charge in [-0.3, -0.25) is 9.88 Å². The summed E-state index contributed by atoms with van der Waals surface area (Å²) in [4.78, 5) is 27.9. The summed E-state index contributed by atoms with van der Waals surface area (Å²) in [5, 5.41) is 1.22. The van der Waals surface area contributed by atoms with Crippen LogP contribution in [0.5, 0.6) is 0 Å². The monoisotopic (exact) mass is 404 g/mol. The lowest BCUT2D eigenvalue weighted by atomic mass is 10.1. The summed E-state index contributed by atoms with van der Waals surface area (Å²) in [5.41, 5.74) is 3.67. The minimum Gasteiger partial charge on any atom is -0.422 e. The quantitative estimate of drug-likeness (QED) is 0.483. The summed E-state index contributed by atoms with van der Waals surface area (Å²) in [5.74, 6) is 0.706. The number of fused-ring (bicyclic) bond motifs is 2. The van der Waals surface area contributed by atoms with Crippen molar-refractivity contribution in [1.82, 2.24) is 19.9 Å². The summed E-state index contributed by atoms with van der Waals surface area (Å²) in [6, 6.07) is 11.1. The van der Waals surface area contributed by atoms with Gasteiger partial charge in [0.1, 0.15) is 5.58 Å². The lowest BCUT2D eigenvalue weighted by Gasteiger charge is -2.28. The van der Waals surface area contributed by atoms with E-state index in [4.69, 9.17) is 21.0 Å². The number of rotatable bonds is 3. The maximum absolute atomic E-state index is 12.5. The van der Waals surface area contributed by atoms with Gasteiger partial charge >= 0.3 is 5.63 Å². The Balaban J connectivity index is 1.41. The average Bonchev–Trinajstić information content (AvgIpc) is 2.77. The minimum atomic E-state index is -0.385. The van der Waals surface area contributed by atoms with Crippen LogP contribution in [0.25, 0.3) is 22.4 Å². The molecule has 0 amide bonds. The minimum absolute atomic E-state index is 0.385. The van der Waals surface area contributed by atoms with Crippen molar-refractivity contribution in [3.63, 3.8) is 0 Å². The zero-order valence-corrected chi connectivity index (χ0v) is 16.3. The van der Waals surface area contributed by atoms with Crippen LogP contribution in [0, 0.1) is 0 Å². The van der Waals surface area contributed by atoms with E-state index in [0.717, 1.165) is 35.2 Å². The normalized spacial score (nSPS) is 14.1. The third kappa shape index (κ3) is 3.41. The maximum atomic E-state index is 12.5. The summed E-state index contributed by atoms with van der Waals surface area (Å²) in [6.45, 7) is 1.87. The highest BCUT2D eigenvalue weighted by atomic mass is 35.5. The molecule has 5 rings (SSSR count). The van der Waals surface area contributed by atoms with Crippen molar-refractivity contribution < 1.29 is 4.42 Å². The standard InChI is InChI=1S/C22H17ClN4O2/c23-20-16-3-1-2-4-19(16)29-22(28)17(20)13-27-10-7-18-15(12-27)11-25-21(26-18)14-5-8-24-9-6-14/h1-6,8-9,11H,7,10,12-13H2. The second kappa shape index (κ2) is 7.39. The van der Waals surface area contributed by atoms with E-state index in [1.807, 2.05) is 36.5 Å². The van der Waals surface area contributed by atoms with Crippen LogP contribution < -0.4 is 5.63 Å². The van der Waals surface area contributed by atoms with Crippen LogP contribution in [0.3, 0.4) is 0 Å². The van der Waals surface area contributed by atoms with Crippen LogP contribution >= 0.6 is 11.6 Å². The molecule has 3 aromatic heterocycles. The molecule has 0 fully saturated rings. The van der Waals surface area contributed by atoms with Gasteiger partial charge in [-0.25, -0.2) is 14.8 Å². The highest BCUT2D eigenvalue weighted by Gasteiger charge is 2.22. The largest absolute Gasteiger partial charge is 0.422 e. The van der Waals surface area contributed by atoms with Crippen molar-refractivity contribution in [1.29, 1.82) is 0 Å². The fourth-order valence-electron chi connectivity index (χ4n) is 3.66. The first-order valence-electron chi connectivity index (χ1n) is 9.37. The van der Waals surface area contributed by atoms with Crippen molar-refractivity contribution in [2.24, 2.45) is 0 Å². The highest BCUT2D eigenvalue weighted by Crippen LogP contribution is 2.27. The Kier molecular flexibility index (Phi) is 4.58. The average molecular weight is 405 g/mol. The molecule has 1 aliphatic heterocycles. The van der Waals surface area contributed by atoms with Crippen molar-refractivity contribution in [2.45, 2.75) is 19.5 Å². The summed E-state index contributed by atoms with van der Waals surface area (Å²) in [7, 11) is 0. The molecule has 144 valence electrons. The zero-order chi connectivity index (χ0) is 19.8. The summed E-state index contributed by atoms with van der Waals surface area (Å²) in [6.07, 6.45) is 6.12. The third-order valence-corrected chi connectivity index (χ3v) is 5.60. The number of para-hydroxylation sites is 1. The SMILES string of the molecule is O=c1oc2ccccc2c(Cl)c1CN1CCc2nc(-c3ccncc3)ncc2C1. The molecular weight excluding hydrogens is 388 g/mol. The number of benzene rings is 1. The molecule has 1 aliphatic rings. The first-order valence-corrected chi connectivity index (χ1v) is 9.74. The Morgan fingerprint density at radius 3 is 2.83 bits per heavy atom. The Hall–Kier alpha value is -3.09. The Labute approximate surface area is 171 Å². The summed E-state index contributed by atoms with van der Waals surface area (Å²) < 4.78 is 5.45. The fraction of sp³-hybridized carbons (Fsp3) is 0.182. The molecular formula is C22H17ClN4O2. The Bertz CT molecular complexity index is 1260. The zero-order valence-electron chi connectivity index (χ0n) is 15.5. The van der Waals surface area contributed by atoms with Crippen molar-refractivity contribution in [2.75, 3.05) is 6.54 Å². The number of hydrogen-bond acceptors (Lipinski definition) is 6. The molecule has 29 heavy (non-hydrogen) atoms.